The number of hydrogen-bond acceptors (Lipinski definition) is 5. The zero-order valence-electron chi connectivity index (χ0n) is 19.4. The minimum Gasteiger partial charge on any atom is -0.497 e. The van der Waals surface area contributed by atoms with E-state index >= 15 is 0 Å². The Morgan fingerprint density at radius 2 is 1.82 bits per heavy atom. The second kappa shape index (κ2) is 9.02. The molecule has 172 valence electrons. The molecule has 0 saturated heterocycles. The summed E-state index contributed by atoms with van der Waals surface area (Å²) in [7, 11) is 1.64. The molecule has 0 saturated carbocycles. The molecule has 0 unspecified atom stereocenters. The molecule has 2 aromatic carbocycles. The molecule has 5 rings (SSSR count). The van der Waals surface area contributed by atoms with Gasteiger partial charge in [-0.15, -0.1) is 0 Å². The lowest BCUT2D eigenvalue weighted by atomic mass is 9.97. The number of furan rings is 1. The Balaban J connectivity index is 1.63. The number of benzene rings is 2. The van der Waals surface area contributed by atoms with E-state index in [0.29, 0.717) is 12.2 Å². The first kappa shape index (κ1) is 21.7. The van der Waals surface area contributed by atoms with Crippen molar-refractivity contribution >= 4 is 11.6 Å². The second-order valence-corrected chi connectivity index (χ2v) is 8.52. The fraction of sp³-hybridized carbons (Fsp3) is 0.222. The van der Waals surface area contributed by atoms with Crippen molar-refractivity contribution in [2.24, 2.45) is 11.0 Å². The van der Waals surface area contributed by atoms with Crippen LogP contribution in [0.5, 0.6) is 5.75 Å². The number of carbonyl (C=O) groups is 1. The highest BCUT2D eigenvalue weighted by atomic mass is 16.5. The summed E-state index contributed by atoms with van der Waals surface area (Å²) in [6.45, 7) is 3.77. The molecule has 0 aliphatic carbocycles. The molecule has 34 heavy (non-hydrogen) atoms. The van der Waals surface area contributed by atoms with Gasteiger partial charge in [0.15, 0.2) is 0 Å². The minimum absolute atomic E-state index is 0.0419. The van der Waals surface area contributed by atoms with E-state index < -0.39 is 0 Å². The lowest BCUT2D eigenvalue weighted by Gasteiger charge is -2.23. The Morgan fingerprint density at radius 1 is 1.06 bits per heavy atom. The van der Waals surface area contributed by atoms with Crippen LogP contribution in [0.2, 0.25) is 0 Å². The van der Waals surface area contributed by atoms with E-state index in [4.69, 9.17) is 19.4 Å². The van der Waals surface area contributed by atoms with Crippen LogP contribution in [-0.2, 0) is 4.79 Å². The first-order valence-corrected chi connectivity index (χ1v) is 11.3. The van der Waals surface area contributed by atoms with Crippen LogP contribution in [0.15, 0.2) is 88.7 Å². The third-order valence-corrected chi connectivity index (χ3v) is 5.92. The van der Waals surface area contributed by atoms with E-state index in [1.807, 2.05) is 91.5 Å². The summed E-state index contributed by atoms with van der Waals surface area (Å²) in [5.74, 6) is 1.20. The first-order valence-electron chi connectivity index (χ1n) is 11.3. The maximum absolute atomic E-state index is 13.2. The van der Waals surface area contributed by atoms with Crippen molar-refractivity contribution in [2.75, 3.05) is 7.11 Å². The van der Waals surface area contributed by atoms with E-state index in [9.17, 15) is 4.79 Å². The molecule has 3 heterocycles. The Bertz CT molecular complexity index is 1310. The van der Waals surface area contributed by atoms with Crippen molar-refractivity contribution < 1.29 is 13.9 Å². The van der Waals surface area contributed by atoms with Crippen LogP contribution in [0.4, 0.5) is 0 Å². The summed E-state index contributed by atoms with van der Waals surface area (Å²) < 4.78 is 12.8. The number of methoxy groups -OCH3 is 1. The molecule has 1 amide bonds. The Labute approximate surface area is 198 Å². The standard InChI is InChI=1S/C27H26N4O3/c1-18(2)27(32)31-24(16-23(28-31)25-10-7-15-34-25)22-17-30(20-8-5-4-6-9-20)29-26(22)19-11-13-21(33-3)14-12-19/h4-15,17-18,24H,16H2,1-3H3/t24-/m1/s1. The van der Waals surface area contributed by atoms with Gasteiger partial charge in [0, 0.05) is 29.7 Å². The number of hydrogen-bond donors (Lipinski definition) is 0. The van der Waals surface area contributed by atoms with Gasteiger partial charge in [0.2, 0.25) is 5.91 Å². The average Bonchev–Trinajstić information content (AvgIpc) is 3.63. The molecule has 0 fully saturated rings. The molecule has 0 radical (unpaired) electrons. The number of ether oxygens (including phenoxy) is 1. The van der Waals surface area contributed by atoms with E-state index in [0.717, 1.165) is 34.0 Å². The lowest BCUT2D eigenvalue weighted by molar-refractivity contribution is -0.136. The van der Waals surface area contributed by atoms with Crippen LogP contribution in [0.25, 0.3) is 16.9 Å². The van der Waals surface area contributed by atoms with Crippen molar-refractivity contribution in [2.45, 2.75) is 26.3 Å². The normalized spacial score (nSPS) is 15.6. The van der Waals surface area contributed by atoms with Crippen LogP contribution in [0.3, 0.4) is 0 Å². The number of amides is 1. The van der Waals surface area contributed by atoms with E-state index in [1.54, 1.807) is 18.4 Å². The highest BCUT2D eigenvalue weighted by molar-refractivity contribution is 6.01. The van der Waals surface area contributed by atoms with Crippen molar-refractivity contribution in [3.63, 3.8) is 0 Å². The third-order valence-electron chi connectivity index (χ3n) is 5.92. The number of para-hydroxylation sites is 1. The number of rotatable bonds is 6. The SMILES string of the molecule is COc1ccc(-c2nn(-c3ccccc3)cc2[C@H]2CC(c3ccco3)=NN2C(=O)C(C)C)cc1. The van der Waals surface area contributed by atoms with Crippen molar-refractivity contribution in [1.82, 2.24) is 14.8 Å². The topological polar surface area (TPSA) is 72.9 Å². The van der Waals surface area contributed by atoms with Gasteiger partial charge in [0.25, 0.3) is 0 Å². The van der Waals surface area contributed by atoms with Gasteiger partial charge in [0.05, 0.1) is 30.8 Å². The predicted molar refractivity (Wildman–Crippen MR) is 130 cm³/mol. The number of hydrazone groups is 1. The Hall–Kier alpha value is -4.13. The Morgan fingerprint density at radius 3 is 2.47 bits per heavy atom. The van der Waals surface area contributed by atoms with Gasteiger partial charge in [-0.1, -0.05) is 32.0 Å². The monoisotopic (exact) mass is 454 g/mol. The summed E-state index contributed by atoms with van der Waals surface area (Å²) in [5, 5.41) is 11.2. The smallest absolute Gasteiger partial charge is 0.245 e. The van der Waals surface area contributed by atoms with Gasteiger partial charge in [-0.3, -0.25) is 4.79 Å². The lowest BCUT2D eigenvalue weighted by Crippen LogP contribution is -2.30. The first-order chi connectivity index (χ1) is 16.5. The molecule has 1 atom stereocenters. The maximum atomic E-state index is 13.2. The van der Waals surface area contributed by atoms with Gasteiger partial charge >= 0.3 is 0 Å². The van der Waals surface area contributed by atoms with Crippen LogP contribution in [-0.4, -0.2) is 33.5 Å². The molecule has 2 aromatic heterocycles. The van der Waals surface area contributed by atoms with Crippen LogP contribution in [0.1, 0.15) is 37.6 Å². The van der Waals surface area contributed by atoms with Crippen LogP contribution in [0, 0.1) is 5.92 Å². The zero-order chi connectivity index (χ0) is 23.7. The summed E-state index contributed by atoms with van der Waals surface area (Å²) >= 11 is 0. The maximum Gasteiger partial charge on any atom is 0.245 e. The minimum atomic E-state index is -0.301. The zero-order valence-corrected chi connectivity index (χ0v) is 19.4. The molecule has 0 spiro atoms. The molecular formula is C27H26N4O3. The fourth-order valence-electron chi connectivity index (χ4n) is 4.13. The number of nitrogens with zero attached hydrogens (tertiary/aromatic N) is 4. The van der Waals surface area contributed by atoms with Crippen molar-refractivity contribution in [1.29, 1.82) is 0 Å². The molecule has 7 heteroatoms. The quantitative estimate of drug-likeness (QED) is 0.387. The predicted octanol–water partition coefficient (Wildman–Crippen LogP) is 5.47. The summed E-state index contributed by atoms with van der Waals surface area (Å²) in [6, 6.07) is 21.1. The van der Waals surface area contributed by atoms with E-state index in [2.05, 4.69) is 0 Å². The highest BCUT2D eigenvalue weighted by Crippen LogP contribution is 2.39. The Kier molecular flexibility index (Phi) is 5.76. The van der Waals surface area contributed by atoms with E-state index in [-0.39, 0.29) is 17.9 Å². The fourth-order valence-corrected chi connectivity index (χ4v) is 4.13. The summed E-state index contributed by atoms with van der Waals surface area (Å²) in [6.07, 6.45) is 4.16. The number of carbonyl (C=O) groups excluding carboxylic acids is 1. The molecule has 7 nitrogen and oxygen atoms in total. The van der Waals surface area contributed by atoms with Crippen molar-refractivity contribution in [3.8, 4) is 22.7 Å². The summed E-state index contributed by atoms with van der Waals surface area (Å²) in [5.41, 5.74) is 4.35. The second-order valence-electron chi connectivity index (χ2n) is 8.52. The molecule has 1 aliphatic heterocycles. The van der Waals surface area contributed by atoms with Gasteiger partial charge in [0.1, 0.15) is 17.2 Å². The van der Waals surface area contributed by atoms with Gasteiger partial charge in [-0.25, -0.2) is 9.69 Å². The highest BCUT2D eigenvalue weighted by Gasteiger charge is 2.37. The largest absolute Gasteiger partial charge is 0.497 e. The molecular weight excluding hydrogens is 428 g/mol. The summed E-state index contributed by atoms with van der Waals surface area (Å²) in [4.78, 5) is 13.2. The van der Waals surface area contributed by atoms with E-state index in [1.165, 1.54) is 0 Å². The van der Waals surface area contributed by atoms with Crippen LogP contribution < -0.4 is 4.74 Å². The molecule has 0 bridgehead atoms. The van der Waals surface area contributed by atoms with Gasteiger partial charge in [-0.05, 0) is 48.5 Å². The molecule has 4 aromatic rings. The molecule has 0 N–H and O–H groups in total. The van der Waals surface area contributed by atoms with Crippen LogP contribution >= 0.6 is 0 Å². The average molecular weight is 455 g/mol. The number of aromatic nitrogens is 2. The van der Waals surface area contributed by atoms with Crippen molar-refractivity contribution in [3.05, 3.63) is 90.5 Å². The van der Waals surface area contributed by atoms with Gasteiger partial charge in [-0.2, -0.15) is 10.2 Å². The molecule has 1 aliphatic rings. The third kappa shape index (κ3) is 4.01. The van der Waals surface area contributed by atoms with Gasteiger partial charge < -0.3 is 9.15 Å².